The van der Waals surface area contributed by atoms with Crippen molar-refractivity contribution in [3.63, 3.8) is 0 Å². The van der Waals surface area contributed by atoms with Crippen molar-refractivity contribution in [2.75, 3.05) is 36.5 Å². The Balaban J connectivity index is 1.68. The van der Waals surface area contributed by atoms with E-state index in [0.717, 1.165) is 23.5 Å². The highest BCUT2D eigenvalue weighted by atomic mass is 19.4. The lowest BCUT2D eigenvalue weighted by Crippen LogP contribution is -2.51. The van der Waals surface area contributed by atoms with Crippen LogP contribution >= 0.6 is 0 Å². The highest BCUT2D eigenvalue weighted by molar-refractivity contribution is 5.78. The van der Waals surface area contributed by atoms with E-state index in [0.29, 0.717) is 38.2 Å². The first kappa shape index (κ1) is 22.3. The summed E-state index contributed by atoms with van der Waals surface area (Å²) in [6.07, 6.45) is -3.10. The van der Waals surface area contributed by atoms with E-state index in [4.69, 9.17) is 9.47 Å². The van der Waals surface area contributed by atoms with Gasteiger partial charge in [-0.3, -0.25) is 4.79 Å². The van der Waals surface area contributed by atoms with Crippen LogP contribution in [0.15, 0.2) is 42.5 Å². The predicted molar refractivity (Wildman–Crippen MR) is 117 cm³/mol. The molecule has 8 heteroatoms. The summed E-state index contributed by atoms with van der Waals surface area (Å²) >= 11 is 0. The Bertz CT molecular complexity index is 998. The first-order chi connectivity index (χ1) is 15.2. The summed E-state index contributed by atoms with van der Waals surface area (Å²) in [5, 5.41) is 0. The topological polar surface area (TPSA) is 42.0 Å². The molecule has 2 aromatic carbocycles. The van der Waals surface area contributed by atoms with E-state index in [2.05, 4.69) is 4.90 Å². The van der Waals surface area contributed by atoms with Crippen LogP contribution < -0.4 is 14.5 Å². The van der Waals surface area contributed by atoms with Gasteiger partial charge >= 0.3 is 12.1 Å². The number of rotatable bonds is 5. The van der Waals surface area contributed by atoms with Crippen LogP contribution in [0, 0.1) is 5.92 Å². The van der Waals surface area contributed by atoms with Crippen molar-refractivity contribution in [1.82, 2.24) is 0 Å². The lowest BCUT2D eigenvalue weighted by atomic mass is 9.93. The van der Waals surface area contributed by atoms with Crippen LogP contribution in [0.2, 0.25) is 0 Å². The SMILES string of the molecule is CCC1(CC)CN(c2cccc(N3CC(C(=O)OC)C3)c2)c2ccc(C(F)(F)F)cc2O1. The van der Waals surface area contributed by atoms with Crippen molar-refractivity contribution in [1.29, 1.82) is 0 Å². The van der Waals surface area contributed by atoms with Crippen LogP contribution in [0.5, 0.6) is 5.75 Å². The van der Waals surface area contributed by atoms with Crippen LogP contribution in [0.4, 0.5) is 30.2 Å². The summed E-state index contributed by atoms with van der Waals surface area (Å²) in [6.45, 7) is 5.68. The average Bonchev–Trinajstić information content (AvgIpc) is 2.76. The smallest absolute Gasteiger partial charge is 0.416 e. The van der Waals surface area contributed by atoms with E-state index in [9.17, 15) is 18.0 Å². The second kappa shape index (κ2) is 8.22. The molecule has 1 saturated heterocycles. The van der Waals surface area contributed by atoms with Crippen LogP contribution in [0.3, 0.4) is 0 Å². The molecule has 1 fully saturated rings. The number of nitrogens with zero attached hydrogens (tertiary/aromatic N) is 2. The fourth-order valence-electron chi connectivity index (χ4n) is 4.35. The van der Waals surface area contributed by atoms with Gasteiger partial charge in [0.05, 0.1) is 30.8 Å². The number of fused-ring (bicyclic) bond motifs is 1. The maximum atomic E-state index is 13.3. The number of carbonyl (C=O) groups is 1. The molecular weight excluding hydrogens is 421 g/mol. The molecule has 32 heavy (non-hydrogen) atoms. The predicted octanol–water partition coefficient (Wildman–Crippen LogP) is 5.40. The van der Waals surface area contributed by atoms with Gasteiger partial charge in [0.1, 0.15) is 11.4 Å². The Kier molecular flexibility index (Phi) is 5.73. The highest BCUT2D eigenvalue weighted by Gasteiger charge is 2.40. The summed E-state index contributed by atoms with van der Waals surface area (Å²) in [4.78, 5) is 15.8. The molecule has 172 valence electrons. The molecule has 0 radical (unpaired) electrons. The van der Waals surface area contributed by atoms with Crippen molar-refractivity contribution in [2.24, 2.45) is 5.92 Å². The summed E-state index contributed by atoms with van der Waals surface area (Å²) in [7, 11) is 1.39. The zero-order chi connectivity index (χ0) is 23.1. The van der Waals surface area contributed by atoms with Crippen molar-refractivity contribution in [2.45, 2.75) is 38.5 Å². The average molecular weight is 448 g/mol. The molecule has 2 heterocycles. The third kappa shape index (κ3) is 3.98. The maximum Gasteiger partial charge on any atom is 0.416 e. The third-order valence-electron chi connectivity index (χ3n) is 6.56. The van der Waals surface area contributed by atoms with E-state index in [-0.39, 0.29) is 17.6 Å². The molecule has 0 N–H and O–H groups in total. The highest BCUT2D eigenvalue weighted by Crippen LogP contribution is 2.46. The van der Waals surface area contributed by atoms with Crippen molar-refractivity contribution in [3.8, 4) is 5.75 Å². The molecule has 0 unspecified atom stereocenters. The van der Waals surface area contributed by atoms with Crippen LogP contribution in [-0.2, 0) is 15.7 Å². The van der Waals surface area contributed by atoms with Crippen molar-refractivity contribution in [3.05, 3.63) is 48.0 Å². The number of alkyl halides is 3. The summed E-state index contributed by atoms with van der Waals surface area (Å²) < 4.78 is 51.0. The van der Waals surface area contributed by atoms with Gasteiger partial charge < -0.3 is 19.3 Å². The van der Waals surface area contributed by atoms with E-state index in [1.54, 1.807) is 0 Å². The Labute approximate surface area is 185 Å². The number of carbonyl (C=O) groups excluding carboxylic acids is 1. The number of ether oxygens (including phenoxy) is 2. The molecule has 0 aliphatic carbocycles. The Morgan fingerprint density at radius 2 is 1.81 bits per heavy atom. The first-order valence-corrected chi connectivity index (χ1v) is 10.8. The van der Waals surface area contributed by atoms with Gasteiger partial charge in [0.2, 0.25) is 0 Å². The minimum absolute atomic E-state index is 0.138. The van der Waals surface area contributed by atoms with E-state index >= 15 is 0 Å². The van der Waals surface area contributed by atoms with Crippen molar-refractivity contribution >= 4 is 23.0 Å². The number of benzene rings is 2. The largest absolute Gasteiger partial charge is 0.483 e. The Morgan fingerprint density at radius 1 is 1.12 bits per heavy atom. The molecule has 0 spiro atoms. The van der Waals surface area contributed by atoms with Gasteiger partial charge in [-0.25, -0.2) is 0 Å². The Morgan fingerprint density at radius 3 is 2.44 bits per heavy atom. The van der Waals surface area contributed by atoms with Crippen LogP contribution in [0.1, 0.15) is 32.3 Å². The number of methoxy groups -OCH3 is 1. The maximum absolute atomic E-state index is 13.3. The van der Waals surface area contributed by atoms with Gasteiger partial charge in [0.15, 0.2) is 0 Å². The zero-order valence-corrected chi connectivity index (χ0v) is 18.4. The first-order valence-electron chi connectivity index (χ1n) is 10.8. The second-order valence-electron chi connectivity index (χ2n) is 8.40. The quantitative estimate of drug-likeness (QED) is 0.573. The molecular formula is C24H27F3N2O3. The lowest BCUT2D eigenvalue weighted by Gasteiger charge is -2.45. The Hall–Kier alpha value is -2.90. The third-order valence-corrected chi connectivity index (χ3v) is 6.56. The number of anilines is 3. The monoisotopic (exact) mass is 448 g/mol. The molecule has 4 rings (SSSR count). The fourth-order valence-corrected chi connectivity index (χ4v) is 4.35. The number of hydrogen-bond donors (Lipinski definition) is 0. The van der Waals surface area contributed by atoms with Gasteiger partial charge in [-0.05, 0) is 49.2 Å². The molecule has 0 saturated carbocycles. The summed E-state index contributed by atoms with van der Waals surface area (Å²) in [5.41, 5.74) is 1.15. The zero-order valence-electron chi connectivity index (χ0n) is 18.4. The van der Waals surface area contributed by atoms with Gasteiger partial charge in [0, 0.05) is 24.5 Å². The molecule has 2 aliphatic heterocycles. The number of halogens is 3. The van der Waals surface area contributed by atoms with Crippen molar-refractivity contribution < 1.29 is 27.4 Å². The summed E-state index contributed by atoms with van der Waals surface area (Å²) in [6, 6.07) is 11.5. The molecule has 0 bridgehead atoms. The van der Waals surface area contributed by atoms with Gasteiger partial charge in [-0.15, -0.1) is 0 Å². The molecule has 0 amide bonds. The van der Waals surface area contributed by atoms with Gasteiger partial charge in [-0.1, -0.05) is 19.9 Å². The lowest BCUT2D eigenvalue weighted by molar-refractivity contribution is -0.146. The molecule has 0 aromatic heterocycles. The van der Waals surface area contributed by atoms with E-state index < -0.39 is 17.3 Å². The fraction of sp³-hybridized carbons (Fsp3) is 0.458. The summed E-state index contributed by atoms with van der Waals surface area (Å²) in [5.74, 6) is -0.105. The van der Waals surface area contributed by atoms with E-state index in [1.807, 2.05) is 43.0 Å². The van der Waals surface area contributed by atoms with E-state index in [1.165, 1.54) is 13.2 Å². The number of esters is 1. The van der Waals surface area contributed by atoms with Gasteiger partial charge in [0.25, 0.3) is 0 Å². The molecule has 0 atom stereocenters. The van der Waals surface area contributed by atoms with Crippen LogP contribution in [-0.4, -0.2) is 38.3 Å². The molecule has 2 aliphatic rings. The normalized spacial score (nSPS) is 17.9. The van der Waals surface area contributed by atoms with Gasteiger partial charge in [-0.2, -0.15) is 13.2 Å². The minimum Gasteiger partial charge on any atom is -0.483 e. The minimum atomic E-state index is -4.44. The standard InChI is InChI=1S/C24H27F3N2O3/c1-4-23(5-2)15-29(20-10-9-17(24(25,26)27)11-21(20)32-23)19-8-6-7-18(12-19)28-13-16(14-28)22(30)31-3/h6-12,16H,4-5,13-15H2,1-3H3. The molecule has 2 aromatic rings. The number of hydrogen-bond acceptors (Lipinski definition) is 5. The second-order valence-corrected chi connectivity index (χ2v) is 8.40. The van der Waals surface area contributed by atoms with Crippen LogP contribution in [0.25, 0.3) is 0 Å². The molecule has 5 nitrogen and oxygen atoms in total.